The summed E-state index contributed by atoms with van der Waals surface area (Å²) >= 11 is 0. The highest BCUT2D eigenvalue weighted by atomic mass is 28.3. The molecule has 24 heavy (non-hydrogen) atoms. The van der Waals surface area contributed by atoms with E-state index in [0.29, 0.717) is 24.4 Å². The summed E-state index contributed by atoms with van der Waals surface area (Å²) in [6.45, 7) is 3.89. The second-order valence-corrected chi connectivity index (χ2v) is 6.90. The fourth-order valence-corrected chi connectivity index (χ4v) is 3.19. The maximum Gasteiger partial charge on any atom is 0.384 e. The molecule has 0 saturated carbocycles. The number of rotatable bonds is 10. The number of ether oxygens (including phenoxy) is 2. The van der Waals surface area contributed by atoms with Crippen LogP contribution in [0.3, 0.4) is 0 Å². The van der Waals surface area contributed by atoms with Crippen molar-refractivity contribution in [3.05, 3.63) is 47.5 Å². The number of esters is 2. The molecule has 0 aliphatic carbocycles. The van der Waals surface area contributed by atoms with Crippen molar-refractivity contribution in [1.82, 2.24) is 0 Å². The predicted molar refractivity (Wildman–Crippen MR) is 91.2 cm³/mol. The first-order chi connectivity index (χ1) is 11.6. The fraction of sp³-hybridized carbons (Fsp3) is 0.412. The lowest BCUT2D eigenvalue weighted by Gasteiger charge is -2.12. The van der Waals surface area contributed by atoms with Gasteiger partial charge in [0.05, 0.1) is 24.8 Å². The Kier molecular flexibility index (Phi) is 8.99. The maximum absolute atomic E-state index is 12.3. The van der Waals surface area contributed by atoms with E-state index in [4.69, 9.17) is 18.3 Å². The second-order valence-electron chi connectivity index (χ2n) is 4.84. The van der Waals surface area contributed by atoms with Gasteiger partial charge in [0.15, 0.2) is 0 Å². The van der Waals surface area contributed by atoms with Gasteiger partial charge in [-0.3, -0.25) is 0 Å². The molecule has 0 bridgehead atoms. The molecule has 0 fully saturated rings. The fourth-order valence-electron chi connectivity index (χ4n) is 2.19. The van der Waals surface area contributed by atoms with E-state index >= 15 is 0 Å². The lowest BCUT2D eigenvalue weighted by Crippen LogP contribution is -2.20. The number of methoxy groups -OCH3 is 1. The van der Waals surface area contributed by atoms with E-state index < -0.39 is 21.2 Å². The number of carbonyl (C=O) groups is 2. The molecular formula is C17H23O6Si. The van der Waals surface area contributed by atoms with E-state index in [2.05, 4.69) is 6.58 Å². The number of hydrogen-bond donors (Lipinski definition) is 0. The van der Waals surface area contributed by atoms with Gasteiger partial charge in [-0.15, -0.1) is 6.58 Å². The molecule has 0 N–H and O–H groups in total. The van der Waals surface area contributed by atoms with Crippen LogP contribution in [0, 0.1) is 0 Å². The Labute approximate surface area is 144 Å². The van der Waals surface area contributed by atoms with Crippen LogP contribution in [0.1, 0.15) is 32.7 Å². The number of allylic oxidation sites excluding steroid dienone is 1. The van der Waals surface area contributed by atoms with E-state index in [-0.39, 0.29) is 17.7 Å². The second kappa shape index (κ2) is 10.7. The van der Waals surface area contributed by atoms with Crippen LogP contribution in [-0.2, 0) is 24.7 Å². The minimum absolute atomic E-state index is 0.199. The van der Waals surface area contributed by atoms with Crippen molar-refractivity contribution in [2.75, 3.05) is 27.9 Å². The summed E-state index contributed by atoms with van der Waals surface area (Å²) in [5.74, 6) is -1.12. The monoisotopic (exact) mass is 351 g/mol. The van der Waals surface area contributed by atoms with Crippen LogP contribution in [0.4, 0.5) is 0 Å². The van der Waals surface area contributed by atoms with Gasteiger partial charge in [-0.05, 0) is 30.5 Å². The summed E-state index contributed by atoms with van der Waals surface area (Å²) < 4.78 is 20.4. The van der Waals surface area contributed by atoms with Gasteiger partial charge in [0.1, 0.15) is 0 Å². The van der Waals surface area contributed by atoms with Crippen molar-refractivity contribution in [2.24, 2.45) is 0 Å². The van der Waals surface area contributed by atoms with Gasteiger partial charge in [0.25, 0.3) is 0 Å². The standard InChI is InChI=1S/C17H23O6Si/c1-5-8-13-9-6-10-14(15(13)17(19)20-2)16(18)23-11-7-12-24(21-3)22-4/h5-6,9-10H,1,7-8,11-12H2,2-4H3. The van der Waals surface area contributed by atoms with E-state index in [1.54, 1.807) is 38.5 Å². The molecule has 0 saturated heterocycles. The zero-order valence-electron chi connectivity index (χ0n) is 14.3. The quantitative estimate of drug-likeness (QED) is 0.279. The third-order valence-electron chi connectivity index (χ3n) is 3.34. The largest absolute Gasteiger partial charge is 0.465 e. The third kappa shape index (κ3) is 5.59. The molecule has 131 valence electrons. The summed E-state index contributed by atoms with van der Waals surface area (Å²) in [5, 5.41) is 0. The van der Waals surface area contributed by atoms with Gasteiger partial charge >= 0.3 is 21.2 Å². The third-order valence-corrected chi connectivity index (χ3v) is 5.01. The lowest BCUT2D eigenvalue weighted by molar-refractivity contribution is 0.0484. The molecule has 0 aliphatic heterocycles. The molecule has 1 aromatic carbocycles. The van der Waals surface area contributed by atoms with Crippen LogP contribution < -0.4 is 0 Å². The summed E-state index contributed by atoms with van der Waals surface area (Å²) in [6, 6.07) is 5.72. The van der Waals surface area contributed by atoms with E-state index in [9.17, 15) is 9.59 Å². The Morgan fingerprint density at radius 1 is 1.17 bits per heavy atom. The SMILES string of the molecule is C=CCc1cccc(C(=O)OCCC[Si](OC)OC)c1C(=O)OC. The highest BCUT2D eigenvalue weighted by Gasteiger charge is 2.22. The summed E-state index contributed by atoms with van der Waals surface area (Å²) in [6.07, 6.45) is 2.75. The van der Waals surface area contributed by atoms with Gasteiger partial charge < -0.3 is 18.3 Å². The zero-order chi connectivity index (χ0) is 17.9. The van der Waals surface area contributed by atoms with E-state index in [1.807, 2.05) is 0 Å². The highest BCUT2D eigenvalue weighted by molar-refractivity contribution is 6.44. The van der Waals surface area contributed by atoms with Crippen molar-refractivity contribution in [1.29, 1.82) is 0 Å². The van der Waals surface area contributed by atoms with Gasteiger partial charge in [0, 0.05) is 14.2 Å². The number of benzene rings is 1. The average molecular weight is 351 g/mol. The van der Waals surface area contributed by atoms with Crippen molar-refractivity contribution < 1.29 is 27.9 Å². The maximum atomic E-state index is 12.3. The zero-order valence-corrected chi connectivity index (χ0v) is 15.3. The molecule has 0 aromatic heterocycles. The minimum Gasteiger partial charge on any atom is -0.465 e. The van der Waals surface area contributed by atoms with Crippen molar-refractivity contribution in [2.45, 2.75) is 18.9 Å². The molecule has 1 aromatic rings. The van der Waals surface area contributed by atoms with Crippen LogP contribution in [0.2, 0.25) is 6.04 Å². The summed E-state index contributed by atoms with van der Waals surface area (Å²) in [7, 11) is 3.17. The average Bonchev–Trinajstić information content (AvgIpc) is 2.61. The summed E-state index contributed by atoms with van der Waals surface area (Å²) in [4.78, 5) is 24.4. The Bertz CT molecular complexity index is 568. The number of carbonyl (C=O) groups excluding carboxylic acids is 2. The molecule has 0 spiro atoms. The Hall–Kier alpha value is -1.96. The predicted octanol–water partition coefficient (Wildman–Crippen LogP) is 2.53. The molecule has 6 nitrogen and oxygen atoms in total. The molecule has 0 unspecified atom stereocenters. The van der Waals surface area contributed by atoms with Crippen LogP contribution >= 0.6 is 0 Å². The first-order valence-electron chi connectivity index (χ1n) is 7.51. The lowest BCUT2D eigenvalue weighted by atomic mass is 9.98. The highest BCUT2D eigenvalue weighted by Crippen LogP contribution is 2.19. The van der Waals surface area contributed by atoms with Gasteiger partial charge in [-0.2, -0.15) is 0 Å². The first kappa shape index (κ1) is 20.1. The molecular weight excluding hydrogens is 328 g/mol. The molecule has 0 heterocycles. The van der Waals surface area contributed by atoms with Crippen LogP contribution in [0.5, 0.6) is 0 Å². The molecule has 7 heteroatoms. The van der Waals surface area contributed by atoms with Crippen molar-refractivity contribution in [3.63, 3.8) is 0 Å². The van der Waals surface area contributed by atoms with Crippen molar-refractivity contribution >= 4 is 21.2 Å². The number of hydrogen-bond acceptors (Lipinski definition) is 6. The van der Waals surface area contributed by atoms with Crippen LogP contribution in [0.25, 0.3) is 0 Å². The van der Waals surface area contributed by atoms with E-state index in [0.717, 1.165) is 0 Å². The van der Waals surface area contributed by atoms with Gasteiger partial charge in [-0.1, -0.05) is 18.2 Å². The Balaban J connectivity index is 2.81. The van der Waals surface area contributed by atoms with Gasteiger partial charge in [0.2, 0.25) is 0 Å². The topological polar surface area (TPSA) is 71.1 Å². The minimum atomic E-state index is -1.30. The Morgan fingerprint density at radius 2 is 1.88 bits per heavy atom. The van der Waals surface area contributed by atoms with Crippen molar-refractivity contribution in [3.8, 4) is 0 Å². The first-order valence-corrected chi connectivity index (χ1v) is 9.03. The Morgan fingerprint density at radius 3 is 2.46 bits per heavy atom. The molecule has 0 amide bonds. The molecule has 0 atom stereocenters. The van der Waals surface area contributed by atoms with Crippen LogP contribution in [0.15, 0.2) is 30.9 Å². The van der Waals surface area contributed by atoms with E-state index in [1.165, 1.54) is 7.11 Å². The normalized spacial score (nSPS) is 10.5. The molecule has 1 radical (unpaired) electrons. The smallest absolute Gasteiger partial charge is 0.384 e. The summed E-state index contributed by atoms with van der Waals surface area (Å²) in [5.41, 5.74) is 1.10. The molecule has 1 rings (SSSR count). The van der Waals surface area contributed by atoms with Crippen LogP contribution in [-0.4, -0.2) is 49.2 Å². The molecule has 0 aliphatic rings. The van der Waals surface area contributed by atoms with Gasteiger partial charge in [-0.25, -0.2) is 9.59 Å².